The van der Waals surface area contributed by atoms with Crippen LogP contribution in [0.3, 0.4) is 0 Å². The zero-order valence-electron chi connectivity index (χ0n) is 8.78. The highest BCUT2D eigenvalue weighted by Gasteiger charge is 2.05. The fourth-order valence-corrected chi connectivity index (χ4v) is 1.03. The van der Waals surface area contributed by atoms with Crippen LogP contribution >= 0.6 is 0 Å². The lowest BCUT2D eigenvalue weighted by atomic mass is 10.2. The van der Waals surface area contributed by atoms with Crippen LogP contribution in [0.4, 0.5) is 0 Å². The number of rotatable bonds is 4. The van der Waals surface area contributed by atoms with Crippen molar-refractivity contribution in [3.63, 3.8) is 0 Å². The molecule has 0 spiro atoms. The molecule has 1 atom stereocenters. The van der Waals surface area contributed by atoms with Crippen molar-refractivity contribution in [2.75, 3.05) is 13.7 Å². The first-order chi connectivity index (χ1) is 6.65. The van der Waals surface area contributed by atoms with E-state index in [4.69, 9.17) is 9.47 Å². The Labute approximate surface area is 84.3 Å². The molecule has 0 saturated carbocycles. The molecule has 3 nitrogen and oxygen atoms in total. The smallest absolute Gasteiger partial charge is 0.126 e. The Hall–Kier alpha value is -1.22. The molecule has 0 aliphatic heterocycles. The summed E-state index contributed by atoms with van der Waals surface area (Å²) in [5.41, 5.74) is 0.760. The first-order valence-electron chi connectivity index (χ1n) is 4.59. The maximum atomic E-state index is 9.41. The molecule has 0 bridgehead atoms. The number of aromatic hydroxyl groups is 1. The van der Waals surface area contributed by atoms with E-state index in [0.29, 0.717) is 12.4 Å². The van der Waals surface area contributed by atoms with Gasteiger partial charge in [0.05, 0.1) is 6.10 Å². The minimum atomic E-state index is 0.0525. The second-order valence-corrected chi connectivity index (χ2v) is 3.26. The van der Waals surface area contributed by atoms with Crippen LogP contribution in [0.1, 0.15) is 12.5 Å². The minimum absolute atomic E-state index is 0.0525. The van der Waals surface area contributed by atoms with Crippen molar-refractivity contribution in [1.29, 1.82) is 0 Å². The Morgan fingerprint density at radius 3 is 2.79 bits per heavy atom. The first-order valence-corrected chi connectivity index (χ1v) is 4.59. The summed E-state index contributed by atoms with van der Waals surface area (Å²) in [4.78, 5) is 0. The standard InChI is InChI=1S/C11H16O3/c1-8(13-3)7-14-11-6-4-5-10(12)9(11)2/h4-6,8,12H,7H2,1-3H3. The Morgan fingerprint density at radius 1 is 1.43 bits per heavy atom. The monoisotopic (exact) mass is 196 g/mol. The summed E-state index contributed by atoms with van der Waals surface area (Å²) in [7, 11) is 1.64. The molecule has 78 valence electrons. The van der Waals surface area contributed by atoms with Crippen LogP contribution in [0.25, 0.3) is 0 Å². The average molecular weight is 196 g/mol. The molecule has 0 amide bonds. The SMILES string of the molecule is COC(C)COc1cccc(O)c1C. The van der Waals surface area contributed by atoms with Gasteiger partial charge in [0.15, 0.2) is 0 Å². The quantitative estimate of drug-likeness (QED) is 0.801. The lowest BCUT2D eigenvalue weighted by molar-refractivity contribution is 0.0713. The summed E-state index contributed by atoms with van der Waals surface area (Å²) in [5.74, 6) is 0.960. The number of benzene rings is 1. The number of hydrogen-bond acceptors (Lipinski definition) is 3. The van der Waals surface area contributed by atoms with E-state index in [1.54, 1.807) is 19.2 Å². The summed E-state index contributed by atoms with van der Waals surface area (Å²) in [6.45, 7) is 4.24. The zero-order chi connectivity index (χ0) is 10.6. The van der Waals surface area contributed by atoms with Crippen molar-refractivity contribution in [2.24, 2.45) is 0 Å². The second-order valence-electron chi connectivity index (χ2n) is 3.26. The van der Waals surface area contributed by atoms with Gasteiger partial charge in [-0.1, -0.05) is 6.07 Å². The molecule has 0 saturated heterocycles. The molecule has 1 rings (SSSR count). The molecular weight excluding hydrogens is 180 g/mol. The fourth-order valence-electron chi connectivity index (χ4n) is 1.03. The molecule has 0 heterocycles. The molecule has 1 unspecified atom stereocenters. The number of hydrogen-bond donors (Lipinski definition) is 1. The topological polar surface area (TPSA) is 38.7 Å². The lowest BCUT2D eigenvalue weighted by Gasteiger charge is -2.13. The van der Waals surface area contributed by atoms with E-state index < -0.39 is 0 Å². The van der Waals surface area contributed by atoms with Crippen LogP contribution < -0.4 is 4.74 Å². The van der Waals surface area contributed by atoms with Gasteiger partial charge in [-0.25, -0.2) is 0 Å². The molecule has 3 heteroatoms. The van der Waals surface area contributed by atoms with Gasteiger partial charge in [-0.15, -0.1) is 0 Å². The van der Waals surface area contributed by atoms with Crippen molar-refractivity contribution < 1.29 is 14.6 Å². The molecule has 0 aliphatic rings. The van der Waals surface area contributed by atoms with Crippen LogP contribution in [-0.4, -0.2) is 24.9 Å². The zero-order valence-corrected chi connectivity index (χ0v) is 8.78. The van der Waals surface area contributed by atoms with Crippen LogP contribution in [0.5, 0.6) is 11.5 Å². The predicted molar refractivity (Wildman–Crippen MR) is 54.8 cm³/mol. The van der Waals surface area contributed by atoms with Crippen LogP contribution in [-0.2, 0) is 4.74 Å². The summed E-state index contributed by atoms with van der Waals surface area (Å²) < 4.78 is 10.5. The molecule has 1 N–H and O–H groups in total. The maximum absolute atomic E-state index is 9.41. The molecule has 0 aromatic heterocycles. The van der Waals surface area contributed by atoms with E-state index in [0.717, 1.165) is 5.56 Å². The predicted octanol–water partition coefficient (Wildman–Crippen LogP) is 2.11. The summed E-state index contributed by atoms with van der Waals surface area (Å²) in [5, 5.41) is 9.41. The van der Waals surface area contributed by atoms with Gasteiger partial charge < -0.3 is 14.6 Å². The average Bonchev–Trinajstić information content (AvgIpc) is 2.20. The van der Waals surface area contributed by atoms with E-state index in [-0.39, 0.29) is 11.9 Å². The largest absolute Gasteiger partial charge is 0.508 e. The van der Waals surface area contributed by atoms with Gasteiger partial charge >= 0.3 is 0 Å². The number of ether oxygens (including phenoxy) is 2. The third-order valence-corrected chi connectivity index (χ3v) is 2.13. The van der Waals surface area contributed by atoms with Gasteiger partial charge in [0, 0.05) is 12.7 Å². The molecule has 1 aromatic carbocycles. The molecule has 0 fully saturated rings. The molecule has 14 heavy (non-hydrogen) atoms. The van der Waals surface area contributed by atoms with Crippen molar-refractivity contribution >= 4 is 0 Å². The Balaban J connectivity index is 2.63. The summed E-state index contributed by atoms with van der Waals surface area (Å²) in [6, 6.07) is 5.23. The molecule has 0 aliphatic carbocycles. The lowest BCUT2D eigenvalue weighted by Crippen LogP contribution is -2.16. The summed E-state index contributed by atoms with van der Waals surface area (Å²) in [6.07, 6.45) is 0.0525. The first kappa shape index (κ1) is 10.9. The van der Waals surface area contributed by atoms with E-state index in [9.17, 15) is 5.11 Å². The number of methoxy groups -OCH3 is 1. The van der Waals surface area contributed by atoms with Crippen molar-refractivity contribution in [2.45, 2.75) is 20.0 Å². The molecule has 1 aromatic rings. The minimum Gasteiger partial charge on any atom is -0.508 e. The van der Waals surface area contributed by atoms with Gasteiger partial charge in [-0.05, 0) is 26.0 Å². The van der Waals surface area contributed by atoms with Crippen molar-refractivity contribution in [3.05, 3.63) is 23.8 Å². The number of phenolic OH excluding ortho intramolecular Hbond substituents is 1. The van der Waals surface area contributed by atoms with Gasteiger partial charge in [0.25, 0.3) is 0 Å². The second kappa shape index (κ2) is 4.86. The summed E-state index contributed by atoms with van der Waals surface area (Å²) >= 11 is 0. The maximum Gasteiger partial charge on any atom is 0.126 e. The fraction of sp³-hybridized carbons (Fsp3) is 0.455. The third-order valence-electron chi connectivity index (χ3n) is 2.13. The van der Waals surface area contributed by atoms with Crippen LogP contribution in [0, 0.1) is 6.92 Å². The van der Waals surface area contributed by atoms with E-state index in [1.807, 2.05) is 19.9 Å². The van der Waals surface area contributed by atoms with Crippen molar-refractivity contribution in [3.8, 4) is 11.5 Å². The van der Waals surface area contributed by atoms with E-state index in [1.165, 1.54) is 0 Å². The molecule has 0 radical (unpaired) electrons. The highest BCUT2D eigenvalue weighted by molar-refractivity contribution is 5.42. The highest BCUT2D eigenvalue weighted by atomic mass is 16.5. The Bertz CT molecular complexity index is 297. The van der Waals surface area contributed by atoms with E-state index >= 15 is 0 Å². The van der Waals surface area contributed by atoms with Gasteiger partial charge in [0.2, 0.25) is 0 Å². The molecular formula is C11H16O3. The van der Waals surface area contributed by atoms with Crippen molar-refractivity contribution in [1.82, 2.24) is 0 Å². The normalized spacial score (nSPS) is 12.5. The number of phenols is 1. The van der Waals surface area contributed by atoms with Crippen LogP contribution in [0.2, 0.25) is 0 Å². The van der Waals surface area contributed by atoms with Gasteiger partial charge in [-0.3, -0.25) is 0 Å². The Morgan fingerprint density at radius 2 is 2.14 bits per heavy atom. The van der Waals surface area contributed by atoms with Crippen LogP contribution in [0.15, 0.2) is 18.2 Å². The van der Waals surface area contributed by atoms with Gasteiger partial charge in [-0.2, -0.15) is 0 Å². The third kappa shape index (κ3) is 2.64. The van der Waals surface area contributed by atoms with E-state index in [2.05, 4.69) is 0 Å². The van der Waals surface area contributed by atoms with Gasteiger partial charge in [0.1, 0.15) is 18.1 Å². The highest BCUT2D eigenvalue weighted by Crippen LogP contribution is 2.25. The Kier molecular flexibility index (Phi) is 3.77.